The lowest BCUT2D eigenvalue weighted by molar-refractivity contribution is -0.131. The van der Waals surface area contributed by atoms with E-state index in [1.165, 1.54) is 0 Å². The fourth-order valence-electron chi connectivity index (χ4n) is 1.69. The predicted molar refractivity (Wildman–Crippen MR) is 59.2 cm³/mol. The van der Waals surface area contributed by atoms with Crippen LogP contribution in [0.25, 0.3) is 0 Å². The quantitative estimate of drug-likeness (QED) is 0.709. The average molecular weight is 244 g/mol. The van der Waals surface area contributed by atoms with E-state index in [9.17, 15) is 13.2 Å². The van der Waals surface area contributed by atoms with Crippen molar-refractivity contribution in [1.29, 1.82) is 5.26 Å². The van der Waals surface area contributed by atoms with Crippen molar-refractivity contribution in [3.8, 4) is 6.07 Å². The molecule has 0 radical (unpaired) electrons. The van der Waals surface area contributed by atoms with Gasteiger partial charge >= 0.3 is 0 Å². The third-order valence-corrected chi connectivity index (χ3v) is 3.66. The van der Waals surface area contributed by atoms with Crippen molar-refractivity contribution in [2.45, 2.75) is 19.3 Å². The van der Waals surface area contributed by atoms with Crippen LogP contribution < -0.4 is 0 Å². The van der Waals surface area contributed by atoms with E-state index in [1.54, 1.807) is 4.90 Å². The first-order chi connectivity index (χ1) is 7.42. The van der Waals surface area contributed by atoms with Gasteiger partial charge in [-0.2, -0.15) is 5.26 Å². The van der Waals surface area contributed by atoms with Gasteiger partial charge in [-0.25, -0.2) is 8.42 Å². The number of likely N-dealkylation sites (tertiary alicyclic amines) is 1. The fraction of sp³-hybridized carbons (Fsp3) is 0.800. The highest BCUT2D eigenvalue weighted by molar-refractivity contribution is 7.90. The lowest BCUT2D eigenvalue weighted by Gasteiger charge is -2.29. The third kappa shape index (κ3) is 4.19. The van der Waals surface area contributed by atoms with E-state index in [1.807, 2.05) is 0 Å². The van der Waals surface area contributed by atoms with Gasteiger partial charge in [-0.05, 0) is 12.8 Å². The molecule has 5 nitrogen and oxygen atoms in total. The number of rotatable bonds is 3. The molecule has 0 aromatic rings. The Morgan fingerprint density at radius 2 is 2.00 bits per heavy atom. The second-order valence-electron chi connectivity index (χ2n) is 4.16. The molecule has 1 aliphatic rings. The van der Waals surface area contributed by atoms with E-state index >= 15 is 0 Å². The lowest BCUT2D eigenvalue weighted by Crippen LogP contribution is -2.38. The zero-order valence-corrected chi connectivity index (χ0v) is 10.2. The first-order valence-electron chi connectivity index (χ1n) is 5.27. The summed E-state index contributed by atoms with van der Waals surface area (Å²) in [4.78, 5) is 13.3. The lowest BCUT2D eigenvalue weighted by atomic mass is 9.98. The number of amides is 1. The highest BCUT2D eigenvalue weighted by atomic mass is 32.2. The van der Waals surface area contributed by atoms with Crippen LogP contribution in [0.1, 0.15) is 19.3 Å². The molecule has 1 amide bonds. The number of carbonyl (C=O) groups excluding carboxylic acids is 1. The maximum absolute atomic E-state index is 11.6. The van der Waals surface area contributed by atoms with Gasteiger partial charge in [0.1, 0.15) is 9.84 Å². The molecule has 0 spiro atoms. The monoisotopic (exact) mass is 244 g/mol. The number of sulfone groups is 1. The molecule has 0 aliphatic carbocycles. The maximum Gasteiger partial charge on any atom is 0.223 e. The van der Waals surface area contributed by atoms with Gasteiger partial charge in [0.15, 0.2) is 0 Å². The molecule has 0 atom stereocenters. The van der Waals surface area contributed by atoms with Crippen molar-refractivity contribution in [3.05, 3.63) is 0 Å². The molecule has 0 aromatic heterocycles. The predicted octanol–water partition coefficient (Wildman–Crippen LogP) is 0.183. The van der Waals surface area contributed by atoms with Crippen molar-refractivity contribution in [2.24, 2.45) is 5.92 Å². The summed E-state index contributed by atoms with van der Waals surface area (Å²) in [7, 11) is -3.07. The molecule has 16 heavy (non-hydrogen) atoms. The van der Waals surface area contributed by atoms with E-state index in [-0.39, 0.29) is 24.0 Å². The topological polar surface area (TPSA) is 78.2 Å². The first kappa shape index (κ1) is 13.0. The molecular formula is C10H16N2O3S. The van der Waals surface area contributed by atoms with Crippen LogP contribution >= 0.6 is 0 Å². The molecule has 1 heterocycles. The van der Waals surface area contributed by atoms with Crippen molar-refractivity contribution in [2.75, 3.05) is 25.1 Å². The zero-order valence-electron chi connectivity index (χ0n) is 9.35. The Balaban J connectivity index is 2.37. The van der Waals surface area contributed by atoms with Crippen LogP contribution in [0.15, 0.2) is 0 Å². The number of hydrogen-bond donors (Lipinski definition) is 0. The molecule has 0 N–H and O–H groups in total. The van der Waals surface area contributed by atoms with Gasteiger partial charge in [0.25, 0.3) is 0 Å². The van der Waals surface area contributed by atoms with E-state index in [0.717, 1.165) is 6.26 Å². The Morgan fingerprint density at radius 1 is 1.44 bits per heavy atom. The number of hydrogen-bond acceptors (Lipinski definition) is 4. The van der Waals surface area contributed by atoms with E-state index in [2.05, 4.69) is 6.07 Å². The van der Waals surface area contributed by atoms with Crippen molar-refractivity contribution in [1.82, 2.24) is 4.90 Å². The first-order valence-corrected chi connectivity index (χ1v) is 7.33. The molecule has 0 aromatic carbocycles. The molecule has 1 saturated heterocycles. The Hall–Kier alpha value is -1.09. The van der Waals surface area contributed by atoms with Gasteiger partial charge in [-0.1, -0.05) is 0 Å². The summed E-state index contributed by atoms with van der Waals surface area (Å²) in [6, 6.07) is 2.19. The number of piperidine rings is 1. The molecule has 1 rings (SSSR count). The SMILES string of the molecule is CS(=O)(=O)CCC(=O)N1CCC(C#N)CC1. The summed E-state index contributed by atoms with van der Waals surface area (Å²) >= 11 is 0. The molecule has 1 aliphatic heterocycles. The van der Waals surface area contributed by atoms with Gasteiger partial charge in [-0.15, -0.1) is 0 Å². The second kappa shape index (κ2) is 5.30. The van der Waals surface area contributed by atoms with Crippen molar-refractivity contribution >= 4 is 15.7 Å². The number of nitrogens with zero attached hydrogens (tertiary/aromatic N) is 2. The number of nitriles is 1. The largest absolute Gasteiger partial charge is 0.343 e. The van der Waals surface area contributed by atoms with Crippen molar-refractivity contribution < 1.29 is 13.2 Å². The molecule has 90 valence electrons. The summed E-state index contributed by atoms with van der Waals surface area (Å²) in [6.45, 7) is 1.14. The summed E-state index contributed by atoms with van der Waals surface area (Å²) in [6.07, 6.45) is 2.57. The Labute approximate surface area is 96.0 Å². The summed E-state index contributed by atoms with van der Waals surface area (Å²) in [5.41, 5.74) is 0. The third-order valence-electron chi connectivity index (χ3n) is 2.72. The van der Waals surface area contributed by atoms with Gasteiger partial charge in [-0.3, -0.25) is 4.79 Å². The molecule has 6 heteroatoms. The van der Waals surface area contributed by atoms with Crippen LogP contribution in [0, 0.1) is 17.2 Å². The van der Waals surface area contributed by atoms with Gasteiger partial charge in [0.05, 0.1) is 11.8 Å². The normalized spacial score (nSPS) is 18.1. The molecular weight excluding hydrogens is 228 g/mol. The molecule has 1 fully saturated rings. The highest BCUT2D eigenvalue weighted by Gasteiger charge is 2.22. The van der Waals surface area contributed by atoms with Crippen LogP contribution in [0.2, 0.25) is 0 Å². The minimum Gasteiger partial charge on any atom is -0.343 e. The van der Waals surface area contributed by atoms with Crippen LogP contribution in [-0.2, 0) is 14.6 Å². The minimum atomic E-state index is -3.07. The fourth-order valence-corrected chi connectivity index (χ4v) is 2.23. The minimum absolute atomic E-state index is 0.0407. The van der Waals surface area contributed by atoms with E-state index < -0.39 is 9.84 Å². The summed E-state index contributed by atoms with van der Waals surface area (Å²) in [5.74, 6) is -0.176. The van der Waals surface area contributed by atoms with Crippen LogP contribution in [0.5, 0.6) is 0 Å². The van der Waals surface area contributed by atoms with Gasteiger partial charge in [0.2, 0.25) is 5.91 Å². The maximum atomic E-state index is 11.6. The van der Waals surface area contributed by atoms with Crippen molar-refractivity contribution in [3.63, 3.8) is 0 Å². The molecule has 0 bridgehead atoms. The zero-order chi connectivity index (χ0) is 12.2. The second-order valence-corrected chi connectivity index (χ2v) is 6.42. The average Bonchev–Trinajstić information content (AvgIpc) is 2.25. The van der Waals surface area contributed by atoms with Crippen LogP contribution in [-0.4, -0.2) is 44.3 Å². The number of carbonyl (C=O) groups is 1. The Bertz CT molecular complexity index is 389. The van der Waals surface area contributed by atoms with Gasteiger partial charge < -0.3 is 4.90 Å². The summed E-state index contributed by atoms with van der Waals surface area (Å²) in [5, 5.41) is 8.69. The standard InChI is InChI=1S/C10H16N2O3S/c1-16(14,15)7-4-10(13)12-5-2-9(8-11)3-6-12/h9H,2-7H2,1H3. The van der Waals surface area contributed by atoms with Crippen LogP contribution in [0.3, 0.4) is 0 Å². The molecule has 0 saturated carbocycles. The molecule has 0 unspecified atom stereocenters. The highest BCUT2D eigenvalue weighted by Crippen LogP contribution is 2.16. The smallest absolute Gasteiger partial charge is 0.223 e. The van der Waals surface area contributed by atoms with E-state index in [0.29, 0.717) is 25.9 Å². The Morgan fingerprint density at radius 3 is 2.44 bits per heavy atom. The summed E-state index contributed by atoms with van der Waals surface area (Å²) < 4.78 is 21.8. The van der Waals surface area contributed by atoms with Crippen LogP contribution in [0.4, 0.5) is 0 Å². The Kier molecular flexibility index (Phi) is 4.30. The van der Waals surface area contributed by atoms with Gasteiger partial charge in [0, 0.05) is 31.7 Å². The van der Waals surface area contributed by atoms with E-state index in [4.69, 9.17) is 5.26 Å².